The summed E-state index contributed by atoms with van der Waals surface area (Å²) in [7, 11) is 0. The topological polar surface area (TPSA) is 20.2 Å². The van der Waals surface area contributed by atoms with E-state index >= 15 is 0 Å². The zero-order chi connectivity index (χ0) is 7.82. The van der Waals surface area contributed by atoms with E-state index < -0.39 is 0 Å². The maximum Gasteiger partial charge on any atom is 0.210 e. The molecule has 1 N–H and O–H groups in total. The van der Waals surface area contributed by atoms with Crippen LogP contribution in [0, 0.1) is 0 Å². The van der Waals surface area contributed by atoms with Crippen LogP contribution in [0.4, 0.5) is 0 Å². The molecule has 1 heteroatoms. The summed E-state index contributed by atoms with van der Waals surface area (Å²) >= 11 is 0. The molecule has 0 rings (SSSR count). The van der Waals surface area contributed by atoms with Gasteiger partial charge >= 0.3 is 0 Å². The molecule has 0 aromatic rings. The lowest BCUT2D eigenvalue weighted by Gasteiger charge is -2.01. The Labute approximate surface area is 59.6 Å². The van der Waals surface area contributed by atoms with E-state index in [2.05, 4.69) is 12.0 Å². The van der Waals surface area contributed by atoms with Crippen LogP contribution in [0.25, 0.3) is 0 Å². The van der Waals surface area contributed by atoms with Crippen LogP contribution >= 0.6 is 0 Å². The van der Waals surface area contributed by atoms with Gasteiger partial charge < -0.3 is 5.11 Å². The number of aliphatic hydroxyl groups excluding tert-OH is 1. The van der Waals surface area contributed by atoms with E-state index in [0.29, 0.717) is 0 Å². The van der Waals surface area contributed by atoms with E-state index in [1.165, 1.54) is 25.7 Å². The third-order valence-corrected chi connectivity index (χ3v) is 1.46. The Balaban J connectivity index is 2.89. The fourth-order valence-corrected chi connectivity index (χ4v) is 0.859. The molecule has 1 unspecified atom stereocenters. The van der Waals surface area contributed by atoms with Crippen molar-refractivity contribution in [3.05, 3.63) is 0 Å². The number of hydrogen-bond donors (Lipinski definition) is 1. The van der Waals surface area contributed by atoms with Gasteiger partial charge in [0.25, 0.3) is 0 Å². The monoisotopic (exact) mass is 131 g/mol. The first-order valence-electron chi connectivity index (χ1n) is 4.34. The van der Waals surface area contributed by atoms with E-state index in [4.69, 9.17) is 1.43 Å². The summed E-state index contributed by atoms with van der Waals surface area (Å²) in [5.41, 5.74) is 0. The predicted octanol–water partition coefficient (Wildman–Crippen LogP) is 2.34. The maximum absolute atomic E-state index is 6.59. The molecule has 0 spiro atoms. The molecule has 1 atom stereocenters. The lowest BCUT2D eigenvalue weighted by molar-refractivity contribution is 0.180. The molecular weight excluding hydrogens is 112 g/mol. The molecular formula is C8H18O. The summed E-state index contributed by atoms with van der Waals surface area (Å²) < 4.78 is 6.59. The second kappa shape index (κ2) is 6.09. The first kappa shape index (κ1) is 7.07. The van der Waals surface area contributed by atoms with E-state index in [1.807, 2.05) is 6.92 Å². The Kier molecular flexibility index (Phi) is 4.78. The fourth-order valence-electron chi connectivity index (χ4n) is 0.859. The average molecular weight is 131 g/mol. The molecule has 0 amide bonds. The van der Waals surface area contributed by atoms with Gasteiger partial charge in [-0.05, 0) is 13.3 Å². The second-order valence-corrected chi connectivity index (χ2v) is 2.66. The van der Waals surface area contributed by atoms with Crippen molar-refractivity contribution < 1.29 is 5.11 Å². The minimum absolute atomic E-state index is 0.122. The van der Waals surface area contributed by atoms with Crippen LogP contribution < -0.4 is 0 Å². The van der Waals surface area contributed by atoms with Crippen molar-refractivity contribution in [3.8, 4) is 0 Å². The Morgan fingerprint density at radius 2 is 2.22 bits per heavy atom. The standard InChI is InChI=1S/C8H18O/c1-3-4-5-6-7-8(2)9/h8-9H,3-7H2,1-2H3/i9D. The summed E-state index contributed by atoms with van der Waals surface area (Å²) in [5.74, 6) is 0. The molecule has 56 valence electrons. The third-order valence-electron chi connectivity index (χ3n) is 1.46. The minimum Gasteiger partial charge on any atom is -0.393 e. The van der Waals surface area contributed by atoms with Gasteiger partial charge in [0.1, 0.15) is 0 Å². The highest BCUT2D eigenvalue weighted by atomic mass is 16.3. The highest BCUT2D eigenvalue weighted by molar-refractivity contribution is 4.47. The van der Waals surface area contributed by atoms with Gasteiger partial charge in [0.2, 0.25) is 1.43 Å². The van der Waals surface area contributed by atoms with Gasteiger partial charge in [-0.1, -0.05) is 32.6 Å². The zero-order valence-electron chi connectivity index (χ0n) is 7.52. The van der Waals surface area contributed by atoms with Crippen LogP contribution in [-0.2, 0) is 0 Å². The summed E-state index contributed by atoms with van der Waals surface area (Å²) in [6.45, 7) is 4.14. The van der Waals surface area contributed by atoms with E-state index in [1.54, 1.807) is 0 Å². The van der Waals surface area contributed by atoms with Crippen LogP contribution in [0.1, 0.15) is 46.0 Å². The lowest BCUT2D eigenvalue weighted by Crippen LogP contribution is -1.97. The van der Waals surface area contributed by atoms with E-state index in [0.717, 1.165) is 6.42 Å². The first-order chi connectivity index (χ1) is 4.81. The van der Waals surface area contributed by atoms with Crippen molar-refractivity contribution in [1.29, 1.82) is 1.43 Å². The van der Waals surface area contributed by atoms with Crippen LogP contribution in [0.2, 0.25) is 0 Å². The van der Waals surface area contributed by atoms with Crippen molar-refractivity contribution in [2.45, 2.75) is 52.1 Å². The average Bonchev–Trinajstić information content (AvgIpc) is 1.98. The summed E-state index contributed by atoms with van der Waals surface area (Å²) in [5, 5.41) is 4.38. The van der Waals surface area contributed by atoms with Crippen molar-refractivity contribution in [3.63, 3.8) is 0 Å². The number of unbranched alkanes of at least 4 members (excludes halogenated alkanes) is 3. The summed E-state index contributed by atoms with van der Waals surface area (Å²) in [6.07, 6.45) is 6.22. The Hall–Kier alpha value is -0.0400. The molecule has 0 aromatic carbocycles. The molecule has 0 fully saturated rings. The third kappa shape index (κ3) is 7.96. The smallest absolute Gasteiger partial charge is 0.210 e. The van der Waals surface area contributed by atoms with Gasteiger partial charge in [-0.25, -0.2) is 0 Å². The number of rotatable bonds is 6. The highest BCUT2D eigenvalue weighted by Gasteiger charge is 1.93. The Morgan fingerprint density at radius 3 is 2.78 bits per heavy atom. The van der Waals surface area contributed by atoms with Gasteiger partial charge in [-0.3, -0.25) is 0 Å². The van der Waals surface area contributed by atoms with Crippen LogP contribution in [0.15, 0.2) is 0 Å². The van der Waals surface area contributed by atoms with Gasteiger partial charge in [-0.15, -0.1) is 0 Å². The van der Waals surface area contributed by atoms with E-state index in [9.17, 15) is 0 Å². The normalized spacial score (nSPS) is 15.1. The molecule has 0 aliphatic carbocycles. The largest absolute Gasteiger partial charge is 0.393 e. The zero-order valence-corrected chi connectivity index (χ0v) is 6.52. The minimum atomic E-state index is 0.122. The van der Waals surface area contributed by atoms with Gasteiger partial charge in [0.15, 0.2) is 0 Å². The first-order valence-corrected chi connectivity index (χ1v) is 3.93. The van der Waals surface area contributed by atoms with Crippen molar-refractivity contribution in [2.75, 3.05) is 0 Å². The van der Waals surface area contributed by atoms with Crippen molar-refractivity contribution in [1.82, 2.24) is 0 Å². The van der Waals surface area contributed by atoms with Crippen LogP contribution in [-0.4, -0.2) is 12.6 Å². The molecule has 0 saturated carbocycles. The molecule has 1 nitrogen and oxygen atoms in total. The molecule has 0 bridgehead atoms. The lowest BCUT2D eigenvalue weighted by atomic mass is 10.1. The molecule has 0 radical (unpaired) electrons. The summed E-state index contributed by atoms with van der Waals surface area (Å²) in [4.78, 5) is 0. The molecule has 0 heterocycles. The Bertz CT molecular complexity index is 66.3. The van der Waals surface area contributed by atoms with Crippen molar-refractivity contribution >= 4 is 0 Å². The second-order valence-electron chi connectivity index (χ2n) is 2.66. The SMILES string of the molecule is [2H]OC(C)CCCCCC. The van der Waals surface area contributed by atoms with Crippen molar-refractivity contribution in [2.24, 2.45) is 0 Å². The molecule has 0 aromatic heterocycles. The quantitative estimate of drug-likeness (QED) is 0.548. The molecule has 0 aliphatic rings. The molecule has 9 heavy (non-hydrogen) atoms. The molecule has 0 saturated heterocycles. The number of hydrogen-bond acceptors (Lipinski definition) is 1. The summed E-state index contributed by atoms with van der Waals surface area (Å²) in [6, 6.07) is 0. The van der Waals surface area contributed by atoms with Gasteiger partial charge in [0, 0.05) is 0 Å². The fraction of sp³-hybridized carbons (Fsp3) is 1.00. The molecule has 0 aliphatic heterocycles. The van der Waals surface area contributed by atoms with Gasteiger partial charge in [0.05, 0.1) is 6.10 Å². The maximum atomic E-state index is 6.59. The Morgan fingerprint density at radius 1 is 1.44 bits per heavy atom. The van der Waals surface area contributed by atoms with Crippen LogP contribution in [0.5, 0.6) is 0 Å². The van der Waals surface area contributed by atoms with Gasteiger partial charge in [-0.2, -0.15) is 0 Å². The number of aliphatic hydroxyl groups is 1. The highest BCUT2D eigenvalue weighted by Crippen LogP contribution is 2.04. The predicted molar refractivity (Wildman–Crippen MR) is 40.4 cm³/mol. The van der Waals surface area contributed by atoms with E-state index in [-0.39, 0.29) is 6.10 Å². The van der Waals surface area contributed by atoms with Crippen LogP contribution in [0.3, 0.4) is 0 Å².